The van der Waals surface area contributed by atoms with Crippen LogP contribution in [-0.4, -0.2) is 41.0 Å². The largest absolute Gasteiger partial charge is 0.359 e. The van der Waals surface area contributed by atoms with Crippen molar-refractivity contribution in [1.82, 2.24) is 0 Å². The van der Waals surface area contributed by atoms with Crippen molar-refractivity contribution in [2.45, 2.75) is 38.5 Å². The molecule has 0 amide bonds. The molecule has 18 heavy (non-hydrogen) atoms. The van der Waals surface area contributed by atoms with E-state index < -0.39 is 0 Å². The number of unbranched alkanes of at least 4 members (excludes halogenated alkanes) is 4. The summed E-state index contributed by atoms with van der Waals surface area (Å²) in [5.41, 5.74) is 0. The summed E-state index contributed by atoms with van der Waals surface area (Å²) >= 11 is 0. The van der Waals surface area contributed by atoms with Crippen LogP contribution in [0.1, 0.15) is 38.5 Å². The van der Waals surface area contributed by atoms with Gasteiger partial charge in [0.15, 0.2) is 0 Å². The lowest BCUT2D eigenvalue weighted by molar-refractivity contribution is -0.0315. The molecule has 0 saturated heterocycles. The highest BCUT2D eigenvalue weighted by Crippen LogP contribution is 1.97. The van der Waals surface area contributed by atoms with Crippen LogP contribution in [0.2, 0.25) is 0 Å². The first-order valence-electron chi connectivity index (χ1n) is 6.51. The van der Waals surface area contributed by atoms with Gasteiger partial charge in [-0.15, -0.1) is 11.8 Å². The zero-order chi connectivity index (χ0) is 13.3. The molecule has 0 aromatic carbocycles. The van der Waals surface area contributed by atoms with Crippen molar-refractivity contribution in [3.05, 3.63) is 0 Å². The highest BCUT2D eigenvalue weighted by atomic mass is 16.7. The van der Waals surface area contributed by atoms with Crippen LogP contribution in [-0.2, 0) is 18.9 Å². The average molecular weight is 258 g/mol. The Kier molecular flexibility index (Phi) is 15.9. The third-order valence-corrected chi connectivity index (χ3v) is 2.21. The summed E-state index contributed by atoms with van der Waals surface area (Å²) < 4.78 is 19.9. The van der Waals surface area contributed by atoms with Crippen molar-refractivity contribution in [3.63, 3.8) is 0 Å². The van der Waals surface area contributed by atoms with E-state index in [0.29, 0.717) is 13.6 Å². The minimum atomic E-state index is 0.386. The molecule has 4 nitrogen and oxygen atoms in total. The lowest BCUT2D eigenvalue weighted by atomic mass is 10.2. The lowest BCUT2D eigenvalue weighted by Gasteiger charge is -2.00. The smallest absolute Gasteiger partial charge is 0.146 e. The average Bonchev–Trinajstić information content (AvgIpc) is 2.39. The van der Waals surface area contributed by atoms with Gasteiger partial charge in [-0.3, -0.25) is 0 Å². The molecule has 0 rings (SSSR count). The van der Waals surface area contributed by atoms with Crippen LogP contribution < -0.4 is 0 Å². The van der Waals surface area contributed by atoms with E-state index in [2.05, 4.69) is 11.8 Å². The van der Waals surface area contributed by atoms with E-state index in [9.17, 15) is 0 Å². The first kappa shape index (κ1) is 17.4. The molecule has 0 aliphatic carbocycles. The second-order valence-electron chi connectivity index (χ2n) is 3.90. The molecule has 0 bridgehead atoms. The van der Waals surface area contributed by atoms with Gasteiger partial charge in [-0.1, -0.05) is 0 Å². The Balaban J connectivity index is 3.05. The molecule has 0 saturated carbocycles. The predicted octanol–water partition coefficient (Wildman–Crippen LogP) is 2.57. The zero-order valence-electron chi connectivity index (χ0n) is 11.7. The van der Waals surface area contributed by atoms with Gasteiger partial charge in [0.1, 0.15) is 13.6 Å². The second kappa shape index (κ2) is 16.4. The number of hydrogen-bond acceptors (Lipinski definition) is 4. The van der Waals surface area contributed by atoms with Crippen molar-refractivity contribution in [3.8, 4) is 11.8 Å². The third kappa shape index (κ3) is 15.4. The molecule has 0 fully saturated rings. The minimum absolute atomic E-state index is 0.386. The van der Waals surface area contributed by atoms with E-state index >= 15 is 0 Å². The quantitative estimate of drug-likeness (QED) is 0.306. The summed E-state index contributed by atoms with van der Waals surface area (Å²) in [7, 11) is 3.26. The van der Waals surface area contributed by atoms with Crippen molar-refractivity contribution in [1.29, 1.82) is 0 Å². The maximum absolute atomic E-state index is 5.18. The van der Waals surface area contributed by atoms with Crippen LogP contribution in [0, 0.1) is 11.8 Å². The van der Waals surface area contributed by atoms with Gasteiger partial charge in [0, 0.05) is 40.3 Å². The maximum Gasteiger partial charge on any atom is 0.146 e. The Hall–Kier alpha value is -0.600. The summed E-state index contributed by atoms with van der Waals surface area (Å²) in [5.74, 6) is 6.35. The Labute approximate surface area is 111 Å². The van der Waals surface area contributed by atoms with Crippen LogP contribution in [0.4, 0.5) is 0 Å². The van der Waals surface area contributed by atoms with E-state index in [1.807, 2.05) is 0 Å². The van der Waals surface area contributed by atoms with Crippen LogP contribution in [0.15, 0.2) is 0 Å². The van der Waals surface area contributed by atoms with Gasteiger partial charge < -0.3 is 18.9 Å². The Morgan fingerprint density at radius 1 is 0.667 bits per heavy atom. The van der Waals surface area contributed by atoms with Gasteiger partial charge in [-0.2, -0.15) is 0 Å². The van der Waals surface area contributed by atoms with Crippen molar-refractivity contribution in [2.24, 2.45) is 0 Å². The maximum atomic E-state index is 5.18. The van der Waals surface area contributed by atoms with Gasteiger partial charge in [-0.25, -0.2) is 0 Å². The summed E-state index contributed by atoms with van der Waals surface area (Å²) in [6, 6.07) is 0. The number of hydrogen-bond donors (Lipinski definition) is 0. The lowest BCUT2D eigenvalue weighted by Crippen LogP contribution is -1.98. The number of methoxy groups -OCH3 is 2. The van der Waals surface area contributed by atoms with Crippen LogP contribution in [0.3, 0.4) is 0 Å². The monoisotopic (exact) mass is 258 g/mol. The summed E-state index contributed by atoms with van der Waals surface area (Å²) in [6.07, 6.45) is 6.18. The summed E-state index contributed by atoms with van der Waals surface area (Å²) in [6.45, 7) is 2.28. The standard InChI is InChI=1S/C14H26O4/c1-15-13-17-11-9-7-5-3-4-6-8-10-12-18-14-16-2/h5-14H2,1-2H3. The fourth-order valence-electron chi connectivity index (χ4n) is 1.30. The highest BCUT2D eigenvalue weighted by molar-refractivity contribution is 4.98. The first-order valence-corrected chi connectivity index (χ1v) is 6.51. The first-order chi connectivity index (χ1) is 8.91. The van der Waals surface area contributed by atoms with Gasteiger partial charge in [-0.05, 0) is 25.7 Å². The Bertz CT molecular complexity index is 188. The highest BCUT2D eigenvalue weighted by Gasteiger charge is 1.88. The normalized spacial score (nSPS) is 10.1. The summed E-state index contributed by atoms with van der Waals surface area (Å²) in [5, 5.41) is 0. The number of rotatable bonds is 12. The SMILES string of the molecule is COCOCCCCC#CCCCCOCOC. The molecular weight excluding hydrogens is 232 g/mol. The molecule has 0 unspecified atom stereocenters. The molecule has 4 heteroatoms. The molecule has 0 atom stereocenters. The third-order valence-electron chi connectivity index (χ3n) is 2.21. The summed E-state index contributed by atoms with van der Waals surface area (Å²) in [4.78, 5) is 0. The van der Waals surface area contributed by atoms with Crippen molar-refractivity contribution >= 4 is 0 Å². The Morgan fingerprint density at radius 3 is 1.50 bits per heavy atom. The second-order valence-corrected chi connectivity index (χ2v) is 3.90. The molecule has 0 N–H and O–H groups in total. The number of ether oxygens (including phenoxy) is 4. The molecular formula is C14H26O4. The van der Waals surface area contributed by atoms with Crippen molar-refractivity contribution < 1.29 is 18.9 Å². The Morgan fingerprint density at radius 2 is 1.11 bits per heavy atom. The predicted molar refractivity (Wildman–Crippen MR) is 71.1 cm³/mol. The topological polar surface area (TPSA) is 36.9 Å². The molecule has 0 aliphatic heterocycles. The van der Waals surface area contributed by atoms with Crippen LogP contribution in [0.5, 0.6) is 0 Å². The fraction of sp³-hybridized carbons (Fsp3) is 0.857. The van der Waals surface area contributed by atoms with E-state index in [0.717, 1.165) is 51.7 Å². The molecule has 106 valence electrons. The van der Waals surface area contributed by atoms with Gasteiger partial charge in [0.25, 0.3) is 0 Å². The van der Waals surface area contributed by atoms with Crippen molar-refractivity contribution in [2.75, 3.05) is 41.0 Å². The van der Waals surface area contributed by atoms with Gasteiger partial charge in [0.2, 0.25) is 0 Å². The van der Waals surface area contributed by atoms with Crippen LogP contribution in [0.25, 0.3) is 0 Å². The van der Waals surface area contributed by atoms with Crippen LogP contribution >= 0.6 is 0 Å². The van der Waals surface area contributed by atoms with E-state index in [1.165, 1.54) is 0 Å². The minimum Gasteiger partial charge on any atom is -0.359 e. The zero-order valence-corrected chi connectivity index (χ0v) is 11.7. The van der Waals surface area contributed by atoms with Gasteiger partial charge in [0.05, 0.1) is 0 Å². The van der Waals surface area contributed by atoms with E-state index in [1.54, 1.807) is 14.2 Å². The molecule has 0 aromatic rings. The molecule has 0 aliphatic rings. The molecule has 0 aromatic heterocycles. The molecule has 0 spiro atoms. The molecule has 0 radical (unpaired) electrons. The van der Waals surface area contributed by atoms with Gasteiger partial charge >= 0.3 is 0 Å². The van der Waals surface area contributed by atoms with E-state index in [-0.39, 0.29) is 0 Å². The fourth-order valence-corrected chi connectivity index (χ4v) is 1.30. The molecule has 0 heterocycles. The van der Waals surface area contributed by atoms with E-state index in [4.69, 9.17) is 18.9 Å².